The van der Waals surface area contributed by atoms with Crippen molar-refractivity contribution in [3.8, 4) is 11.5 Å². The lowest BCUT2D eigenvalue weighted by molar-refractivity contribution is 0.171. The second-order valence-electron chi connectivity index (χ2n) is 5.01. The fourth-order valence-corrected chi connectivity index (χ4v) is 2.31. The van der Waals surface area contributed by atoms with Crippen molar-refractivity contribution in [2.45, 2.75) is 20.0 Å². The van der Waals surface area contributed by atoms with E-state index in [9.17, 15) is 0 Å². The van der Waals surface area contributed by atoms with Crippen LogP contribution in [0.1, 0.15) is 17.1 Å². The highest BCUT2D eigenvalue weighted by Gasteiger charge is 2.12. The third-order valence-corrected chi connectivity index (χ3v) is 3.16. The molecule has 1 aromatic heterocycles. The lowest BCUT2D eigenvalue weighted by atomic mass is 10.2. The van der Waals surface area contributed by atoms with Crippen molar-refractivity contribution in [1.82, 2.24) is 9.88 Å². The lowest BCUT2D eigenvalue weighted by Crippen LogP contribution is -2.18. The van der Waals surface area contributed by atoms with Crippen LogP contribution in [0, 0.1) is 6.92 Å². The molecule has 0 saturated heterocycles. The summed E-state index contributed by atoms with van der Waals surface area (Å²) in [5, 5.41) is 0. The number of oxazole rings is 1. The summed E-state index contributed by atoms with van der Waals surface area (Å²) in [5.74, 6) is 2.36. The molecule has 0 radical (unpaired) electrons. The zero-order valence-corrected chi connectivity index (χ0v) is 11.8. The molecule has 1 aliphatic heterocycles. The van der Waals surface area contributed by atoms with E-state index in [1.165, 1.54) is 5.56 Å². The molecular weight excluding hydrogens is 256 g/mol. The second-order valence-corrected chi connectivity index (χ2v) is 5.01. The first-order valence-electron chi connectivity index (χ1n) is 6.69. The molecule has 0 bridgehead atoms. The molecule has 2 aromatic rings. The molecule has 0 N–H and O–H groups in total. The quantitative estimate of drug-likeness (QED) is 0.856. The molecule has 2 heterocycles. The van der Waals surface area contributed by atoms with Crippen LogP contribution in [-0.2, 0) is 13.1 Å². The van der Waals surface area contributed by atoms with Crippen molar-refractivity contribution in [3.63, 3.8) is 0 Å². The molecule has 5 heteroatoms. The molecule has 5 nitrogen and oxygen atoms in total. The number of hydrogen-bond donors (Lipinski definition) is 0. The molecule has 1 aromatic carbocycles. The summed E-state index contributed by atoms with van der Waals surface area (Å²) in [6.45, 7) is 4.67. The van der Waals surface area contributed by atoms with Crippen molar-refractivity contribution in [2.75, 3.05) is 20.3 Å². The number of aromatic nitrogens is 1. The highest BCUT2D eigenvalue weighted by molar-refractivity contribution is 5.43. The van der Waals surface area contributed by atoms with E-state index in [-0.39, 0.29) is 0 Å². The van der Waals surface area contributed by atoms with Gasteiger partial charge in [-0.05, 0) is 24.7 Å². The van der Waals surface area contributed by atoms with Gasteiger partial charge in [0.15, 0.2) is 17.4 Å². The summed E-state index contributed by atoms with van der Waals surface area (Å²) >= 11 is 0. The third kappa shape index (κ3) is 2.93. The van der Waals surface area contributed by atoms with Gasteiger partial charge in [0, 0.05) is 20.0 Å². The minimum absolute atomic E-state index is 0.616. The van der Waals surface area contributed by atoms with Crippen LogP contribution in [-0.4, -0.2) is 30.1 Å². The van der Waals surface area contributed by atoms with Crippen molar-refractivity contribution in [1.29, 1.82) is 0 Å². The predicted molar refractivity (Wildman–Crippen MR) is 73.8 cm³/mol. The highest BCUT2D eigenvalue weighted by Crippen LogP contribution is 2.31. The number of fused-ring (bicyclic) bond motifs is 1. The number of rotatable bonds is 4. The second kappa shape index (κ2) is 5.54. The molecule has 1 aliphatic rings. The third-order valence-electron chi connectivity index (χ3n) is 3.16. The van der Waals surface area contributed by atoms with Crippen LogP contribution < -0.4 is 9.47 Å². The minimum Gasteiger partial charge on any atom is -0.486 e. The molecular formula is C15H18N2O3. The number of benzene rings is 1. The average molecular weight is 274 g/mol. The molecule has 0 fully saturated rings. The zero-order chi connectivity index (χ0) is 13.9. The Morgan fingerprint density at radius 1 is 1.15 bits per heavy atom. The molecule has 20 heavy (non-hydrogen) atoms. The van der Waals surface area contributed by atoms with Crippen molar-refractivity contribution < 1.29 is 13.9 Å². The Kier molecular flexibility index (Phi) is 3.60. The average Bonchev–Trinajstić information content (AvgIpc) is 2.83. The summed E-state index contributed by atoms with van der Waals surface area (Å²) in [6.07, 6.45) is 1.70. The molecule has 0 saturated carbocycles. The Balaban J connectivity index is 1.65. The van der Waals surface area contributed by atoms with E-state index < -0.39 is 0 Å². The Bertz CT molecular complexity index is 595. The van der Waals surface area contributed by atoms with E-state index in [2.05, 4.69) is 23.0 Å². The van der Waals surface area contributed by atoms with Crippen molar-refractivity contribution in [3.05, 3.63) is 41.6 Å². The van der Waals surface area contributed by atoms with Crippen LogP contribution in [0.4, 0.5) is 0 Å². The normalized spacial score (nSPS) is 13.8. The largest absolute Gasteiger partial charge is 0.486 e. The summed E-state index contributed by atoms with van der Waals surface area (Å²) < 4.78 is 16.3. The molecule has 0 amide bonds. The fourth-order valence-electron chi connectivity index (χ4n) is 2.31. The van der Waals surface area contributed by atoms with Crippen LogP contribution in [0.3, 0.4) is 0 Å². The summed E-state index contributed by atoms with van der Waals surface area (Å²) in [7, 11) is 2.06. The number of hydrogen-bond acceptors (Lipinski definition) is 5. The van der Waals surface area contributed by atoms with Gasteiger partial charge in [0.05, 0.1) is 5.69 Å². The molecule has 3 rings (SSSR count). The van der Waals surface area contributed by atoms with Gasteiger partial charge in [0.25, 0.3) is 0 Å². The van der Waals surface area contributed by atoms with E-state index in [0.29, 0.717) is 19.1 Å². The van der Waals surface area contributed by atoms with Crippen LogP contribution in [0.5, 0.6) is 11.5 Å². The van der Waals surface area contributed by atoms with E-state index in [1.54, 1.807) is 6.26 Å². The van der Waals surface area contributed by atoms with Gasteiger partial charge in [0.2, 0.25) is 0 Å². The highest BCUT2D eigenvalue weighted by atomic mass is 16.6. The first kappa shape index (κ1) is 13.0. The van der Waals surface area contributed by atoms with Crippen LogP contribution >= 0.6 is 0 Å². The van der Waals surface area contributed by atoms with Gasteiger partial charge in [-0.3, -0.25) is 4.90 Å². The van der Waals surface area contributed by atoms with Gasteiger partial charge >= 0.3 is 0 Å². The van der Waals surface area contributed by atoms with Crippen LogP contribution in [0.25, 0.3) is 0 Å². The lowest BCUT2D eigenvalue weighted by Gasteiger charge is -2.20. The first-order chi connectivity index (χ1) is 9.70. The van der Waals surface area contributed by atoms with Gasteiger partial charge < -0.3 is 13.9 Å². The molecule has 106 valence electrons. The molecule has 0 atom stereocenters. The maximum atomic E-state index is 5.60. The van der Waals surface area contributed by atoms with Gasteiger partial charge in [-0.15, -0.1) is 0 Å². The van der Waals surface area contributed by atoms with Gasteiger partial charge in [-0.2, -0.15) is 0 Å². The maximum absolute atomic E-state index is 5.60. The Morgan fingerprint density at radius 2 is 1.95 bits per heavy atom. The standard InChI is InChI=1S/C15H18N2O3/c1-11-16-13(10-20-11)9-17(2)8-12-3-4-14-15(7-12)19-6-5-18-14/h3-4,7,10H,5-6,8-9H2,1-2H3. The number of aryl methyl sites for hydroxylation is 1. The van der Waals surface area contributed by atoms with Gasteiger partial charge in [-0.25, -0.2) is 4.98 Å². The summed E-state index contributed by atoms with van der Waals surface area (Å²) in [4.78, 5) is 6.49. The maximum Gasteiger partial charge on any atom is 0.191 e. The number of ether oxygens (including phenoxy) is 2. The van der Waals surface area contributed by atoms with Gasteiger partial charge in [0.1, 0.15) is 19.5 Å². The summed E-state index contributed by atoms with van der Waals surface area (Å²) in [6, 6.07) is 6.08. The predicted octanol–water partition coefficient (Wildman–Crippen LogP) is 2.39. The Hall–Kier alpha value is -2.01. The smallest absolute Gasteiger partial charge is 0.191 e. The zero-order valence-electron chi connectivity index (χ0n) is 11.8. The fraction of sp³-hybridized carbons (Fsp3) is 0.400. The van der Waals surface area contributed by atoms with E-state index in [4.69, 9.17) is 13.9 Å². The monoisotopic (exact) mass is 274 g/mol. The number of nitrogens with zero attached hydrogens (tertiary/aromatic N) is 2. The first-order valence-corrected chi connectivity index (χ1v) is 6.69. The van der Waals surface area contributed by atoms with Crippen LogP contribution in [0.15, 0.2) is 28.9 Å². The van der Waals surface area contributed by atoms with Crippen molar-refractivity contribution >= 4 is 0 Å². The van der Waals surface area contributed by atoms with E-state index in [1.807, 2.05) is 19.1 Å². The van der Waals surface area contributed by atoms with E-state index in [0.717, 1.165) is 30.3 Å². The molecule has 0 aliphatic carbocycles. The SMILES string of the molecule is Cc1nc(CN(C)Cc2ccc3c(c2)OCCO3)co1. The topological polar surface area (TPSA) is 47.7 Å². The van der Waals surface area contributed by atoms with Crippen LogP contribution in [0.2, 0.25) is 0 Å². The van der Waals surface area contributed by atoms with Crippen molar-refractivity contribution in [2.24, 2.45) is 0 Å². The molecule has 0 unspecified atom stereocenters. The van der Waals surface area contributed by atoms with E-state index >= 15 is 0 Å². The summed E-state index contributed by atoms with van der Waals surface area (Å²) in [5.41, 5.74) is 2.14. The Labute approximate surface area is 118 Å². The van der Waals surface area contributed by atoms with Gasteiger partial charge in [-0.1, -0.05) is 6.07 Å². The Morgan fingerprint density at radius 3 is 2.70 bits per heavy atom. The molecule has 0 spiro atoms. The minimum atomic E-state index is 0.616.